The SMILES string of the molecule is O=C(CCCN1C(=O)c2cccnc2Sc2ccccc21)Nc1ccc2c(c1)OCCO2. The van der Waals surface area contributed by atoms with Crippen LogP contribution in [-0.4, -0.2) is 36.6 Å². The Hall–Kier alpha value is -3.52. The summed E-state index contributed by atoms with van der Waals surface area (Å²) in [4.78, 5) is 32.9. The van der Waals surface area contributed by atoms with E-state index in [0.717, 1.165) is 10.6 Å². The molecule has 0 bridgehead atoms. The van der Waals surface area contributed by atoms with Gasteiger partial charge in [0.15, 0.2) is 11.5 Å². The van der Waals surface area contributed by atoms with E-state index in [4.69, 9.17) is 9.47 Å². The first kappa shape index (κ1) is 20.4. The maximum atomic E-state index is 13.2. The van der Waals surface area contributed by atoms with Gasteiger partial charge in [-0.25, -0.2) is 4.98 Å². The number of nitrogens with zero attached hydrogens (tertiary/aromatic N) is 2. The molecule has 2 aromatic carbocycles. The summed E-state index contributed by atoms with van der Waals surface area (Å²) in [6.07, 6.45) is 2.50. The fourth-order valence-corrected chi connectivity index (χ4v) is 4.74. The van der Waals surface area contributed by atoms with Crippen LogP contribution in [0.2, 0.25) is 0 Å². The van der Waals surface area contributed by atoms with Crippen LogP contribution in [0.1, 0.15) is 23.2 Å². The lowest BCUT2D eigenvalue weighted by Crippen LogP contribution is -2.32. The highest BCUT2D eigenvalue weighted by Crippen LogP contribution is 2.40. The van der Waals surface area contributed by atoms with Crippen molar-refractivity contribution in [3.8, 4) is 11.5 Å². The first-order valence-corrected chi connectivity index (χ1v) is 11.2. The molecule has 5 rings (SSSR count). The largest absolute Gasteiger partial charge is 0.486 e. The maximum Gasteiger partial charge on any atom is 0.261 e. The van der Waals surface area contributed by atoms with Gasteiger partial charge in [-0.15, -0.1) is 0 Å². The van der Waals surface area contributed by atoms with E-state index in [1.54, 1.807) is 41.4 Å². The van der Waals surface area contributed by atoms with Gasteiger partial charge in [0, 0.05) is 35.8 Å². The standard InChI is InChI=1S/C24H21N3O4S/c28-22(26-16-9-10-19-20(15-16)31-14-13-30-19)8-4-12-27-18-6-1-2-7-21(18)32-23-17(24(27)29)5-3-11-25-23/h1-3,5-7,9-11,15H,4,8,12-14H2,(H,26,28). The molecule has 32 heavy (non-hydrogen) atoms. The van der Waals surface area contributed by atoms with E-state index in [1.807, 2.05) is 24.3 Å². The van der Waals surface area contributed by atoms with Crippen LogP contribution in [0, 0.1) is 0 Å². The Bertz CT molecular complexity index is 1180. The van der Waals surface area contributed by atoms with Gasteiger partial charge in [0.2, 0.25) is 5.91 Å². The van der Waals surface area contributed by atoms with Crippen molar-refractivity contribution in [3.05, 3.63) is 66.4 Å². The van der Waals surface area contributed by atoms with Crippen LogP contribution >= 0.6 is 11.8 Å². The van der Waals surface area contributed by atoms with E-state index in [-0.39, 0.29) is 18.2 Å². The minimum absolute atomic E-state index is 0.0993. The maximum absolute atomic E-state index is 13.2. The van der Waals surface area contributed by atoms with E-state index in [1.165, 1.54) is 11.8 Å². The number of fused-ring (bicyclic) bond motifs is 3. The molecule has 0 spiro atoms. The summed E-state index contributed by atoms with van der Waals surface area (Å²) in [6, 6.07) is 16.7. The summed E-state index contributed by atoms with van der Waals surface area (Å²) in [5.74, 6) is 1.09. The van der Waals surface area contributed by atoms with Crippen molar-refractivity contribution in [2.24, 2.45) is 0 Å². The van der Waals surface area contributed by atoms with Crippen molar-refractivity contribution in [2.45, 2.75) is 22.8 Å². The molecule has 2 amide bonds. The number of aromatic nitrogens is 1. The first-order chi connectivity index (χ1) is 15.7. The quantitative estimate of drug-likeness (QED) is 0.625. The lowest BCUT2D eigenvalue weighted by molar-refractivity contribution is -0.116. The fraction of sp³-hybridized carbons (Fsp3) is 0.208. The molecule has 2 aliphatic rings. The number of pyridine rings is 1. The van der Waals surface area contributed by atoms with E-state index in [9.17, 15) is 9.59 Å². The number of nitrogens with one attached hydrogen (secondary N) is 1. The topological polar surface area (TPSA) is 80.8 Å². The molecule has 1 aromatic heterocycles. The van der Waals surface area contributed by atoms with Gasteiger partial charge in [-0.1, -0.05) is 23.9 Å². The molecule has 0 saturated carbocycles. The summed E-state index contributed by atoms with van der Waals surface area (Å²) in [7, 11) is 0. The molecular formula is C24H21N3O4S. The average molecular weight is 448 g/mol. The number of amides is 2. The third kappa shape index (κ3) is 4.13. The summed E-state index contributed by atoms with van der Waals surface area (Å²) < 4.78 is 11.1. The molecule has 162 valence electrons. The Morgan fingerprint density at radius 3 is 2.81 bits per heavy atom. The molecule has 2 aliphatic heterocycles. The van der Waals surface area contributed by atoms with E-state index in [0.29, 0.717) is 54.0 Å². The highest BCUT2D eigenvalue weighted by Gasteiger charge is 2.27. The predicted molar refractivity (Wildman–Crippen MR) is 122 cm³/mol. The first-order valence-electron chi connectivity index (χ1n) is 10.4. The summed E-state index contributed by atoms with van der Waals surface area (Å²) in [5.41, 5.74) is 2.08. The van der Waals surface area contributed by atoms with Gasteiger partial charge < -0.3 is 19.7 Å². The number of anilines is 2. The molecular weight excluding hydrogens is 426 g/mol. The smallest absolute Gasteiger partial charge is 0.261 e. The van der Waals surface area contributed by atoms with Crippen molar-refractivity contribution in [1.82, 2.24) is 4.98 Å². The normalized spacial score (nSPS) is 14.2. The Morgan fingerprint density at radius 2 is 1.91 bits per heavy atom. The monoisotopic (exact) mass is 447 g/mol. The molecule has 3 heterocycles. The second-order valence-corrected chi connectivity index (χ2v) is 8.42. The Morgan fingerprint density at radius 1 is 1.06 bits per heavy atom. The van der Waals surface area contributed by atoms with Crippen molar-refractivity contribution in [1.29, 1.82) is 0 Å². The van der Waals surface area contributed by atoms with Gasteiger partial charge >= 0.3 is 0 Å². The zero-order valence-electron chi connectivity index (χ0n) is 17.2. The van der Waals surface area contributed by atoms with Crippen LogP contribution in [0.5, 0.6) is 11.5 Å². The molecule has 1 N–H and O–H groups in total. The Kier molecular flexibility index (Phi) is 5.68. The summed E-state index contributed by atoms with van der Waals surface area (Å²) >= 11 is 1.49. The zero-order valence-corrected chi connectivity index (χ0v) is 18.1. The van der Waals surface area contributed by atoms with Gasteiger partial charge in [0.1, 0.15) is 18.2 Å². The second kappa shape index (κ2) is 8.92. The zero-order chi connectivity index (χ0) is 21.9. The number of rotatable bonds is 5. The molecule has 0 radical (unpaired) electrons. The van der Waals surface area contributed by atoms with E-state index < -0.39 is 0 Å². The summed E-state index contributed by atoms with van der Waals surface area (Å²) in [6.45, 7) is 1.45. The van der Waals surface area contributed by atoms with Gasteiger partial charge in [-0.2, -0.15) is 0 Å². The van der Waals surface area contributed by atoms with Crippen LogP contribution < -0.4 is 19.7 Å². The van der Waals surface area contributed by atoms with Crippen LogP contribution in [0.4, 0.5) is 11.4 Å². The minimum atomic E-state index is -0.117. The molecule has 0 unspecified atom stereocenters. The molecule has 3 aromatic rings. The second-order valence-electron chi connectivity index (χ2n) is 7.39. The fourth-order valence-electron chi connectivity index (χ4n) is 3.72. The molecule has 8 heteroatoms. The number of benzene rings is 2. The molecule has 0 aliphatic carbocycles. The minimum Gasteiger partial charge on any atom is -0.486 e. The van der Waals surface area contributed by atoms with Crippen molar-refractivity contribution < 1.29 is 19.1 Å². The number of carbonyl (C=O) groups excluding carboxylic acids is 2. The Labute approximate surface area is 189 Å². The number of carbonyl (C=O) groups is 2. The van der Waals surface area contributed by atoms with Crippen molar-refractivity contribution >= 4 is 35.0 Å². The third-order valence-electron chi connectivity index (χ3n) is 5.22. The van der Waals surface area contributed by atoms with Crippen LogP contribution in [0.15, 0.2) is 70.7 Å². The molecule has 0 fully saturated rings. The average Bonchev–Trinajstić information content (AvgIpc) is 2.93. The highest BCUT2D eigenvalue weighted by molar-refractivity contribution is 7.99. The van der Waals surface area contributed by atoms with E-state index in [2.05, 4.69) is 10.3 Å². The lowest BCUT2D eigenvalue weighted by atomic mass is 10.2. The van der Waals surface area contributed by atoms with Crippen molar-refractivity contribution in [3.63, 3.8) is 0 Å². The molecule has 0 atom stereocenters. The highest BCUT2D eigenvalue weighted by atomic mass is 32.2. The Balaban J connectivity index is 1.26. The van der Waals surface area contributed by atoms with Gasteiger partial charge in [-0.3, -0.25) is 9.59 Å². The number of para-hydroxylation sites is 1. The number of hydrogen-bond donors (Lipinski definition) is 1. The number of ether oxygens (including phenoxy) is 2. The number of hydrogen-bond acceptors (Lipinski definition) is 6. The van der Waals surface area contributed by atoms with Crippen LogP contribution in [-0.2, 0) is 4.79 Å². The molecule has 0 saturated heterocycles. The molecule has 7 nitrogen and oxygen atoms in total. The van der Waals surface area contributed by atoms with Gasteiger partial charge in [0.05, 0.1) is 11.3 Å². The van der Waals surface area contributed by atoms with Crippen molar-refractivity contribution in [2.75, 3.05) is 30.0 Å². The third-order valence-corrected chi connectivity index (χ3v) is 6.30. The van der Waals surface area contributed by atoms with Gasteiger partial charge in [-0.05, 0) is 42.8 Å². The summed E-state index contributed by atoms with van der Waals surface area (Å²) in [5, 5.41) is 3.59. The van der Waals surface area contributed by atoms with Gasteiger partial charge in [0.25, 0.3) is 5.91 Å². The predicted octanol–water partition coefficient (Wildman–Crippen LogP) is 4.38. The van der Waals surface area contributed by atoms with Crippen LogP contribution in [0.25, 0.3) is 0 Å². The van der Waals surface area contributed by atoms with E-state index >= 15 is 0 Å². The van der Waals surface area contributed by atoms with Crippen LogP contribution in [0.3, 0.4) is 0 Å². The lowest BCUT2D eigenvalue weighted by Gasteiger charge is -2.22.